The van der Waals surface area contributed by atoms with Crippen molar-refractivity contribution in [3.63, 3.8) is 0 Å². The Kier molecular flexibility index (Phi) is 6.31. The maximum atomic E-state index is 11.5. The molecule has 0 saturated carbocycles. The minimum atomic E-state index is -0.930. The van der Waals surface area contributed by atoms with Crippen molar-refractivity contribution >= 4 is 34.2 Å². The molecule has 4 heterocycles. The van der Waals surface area contributed by atoms with Crippen LogP contribution in [0.1, 0.15) is 35.8 Å². The molecule has 0 amide bonds. The molecular weight excluding hydrogens is 454 g/mol. The first-order valence-electron chi connectivity index (χ1n) is 11.2. The number of fused-ring (bicyclic) bond motifs is 2. The van der Waals surface area contributed by atoms with Crippen molar-refractivity contribution in [1.29, 1.82) is 0 Å². The Bertz CT molecular complexity index is 1340. The smallest absolute Gasteiger partial charge is 0.305 e. The van der Waals surface area contributed by atoms with Gasteiger partial charge in [-0.25, -0.2) is 0 Å². The van der Waals surface area contributed by atoms with Crippen LogP contribution in [0.25, 0.3) is 10.9 Å². The minimum absolute atomic E-state index is 0.139. The summed E-state index contributed by atoms with van der Waals surface area (Å²) in [5.74, 6) is -0.203. The lowest BCUT2D eigenvalue weighted by molar-refractivity contribution is -0.137. The first kappa shape index (κ1) is 22.2. The van der Waals surface area contributed by atoms with E-state index in [-0.39, 0.29) is 6.42 Å². The fourth-order valence-corrected chi connectivity index (χ4v) is 4.46. The third-order valence-electron chi connectivity index (χ3n) is 5.91. The number of rotatable bonds is 8. The summed E-state index contributed by atoms with van der Waals surface area (Å²) in [5, 5.41) is 18.6. The molecule has 174 valence electrons. The summed E-state index contributed by atoms with van der Waals surface area (Å²) in [6.07, 6.45) is 7.54. The van der Waals surface area contributed by atoms with Gasteiger partial charge in [-0.05, 0) is 54.8 Å². The molecule has 1 unspecified atom stereocenters. The first-order valence-corrected chi connectivity index (χ1v) is 11.6. The highest BCUT2D eigenvalue weighted by Crippen LogP contribution is 2.29. The van der Waals surface area contributed by atoms with Gasteiger partial charge in [0.1, 0.15) is 5.75 Å². The molecule has 0 radical (unpaired) electrons. The van der Waals surface area contributed by atoms with Crippen molar-refractivity contribution in [2.45, 2.75) is 31.7 Å². The van der Waals surface area contributed by atoms with Gasteiger partial charge < -0.3 is 15.2 Å². The van der Waals surface area contributed by atoms with Gasteiger partial charge in [0.15, 0.2) is 0 Å². The van der Waals surface area contributed by atoms with Gasteiger partial charge in [-0.3, -0.25) is 19.4 Å². The molecular formula is C25H24ClN5O3. The summed E-state index contributed by atoms with van der Waals surface area (Å²) in [6.45, 7) is 1.51. The second kappa shape index (κ2) is 9.69. The Balaban J connectivity index is 1.31. The largest absolute Gasteiger partial charge is 0.493 e. The van der Waals surface area contributed by atoms with Crippen LogP contribution in [0.3, 0.4) is 0 Å². The molecule has 1 atom stereocenters. The predicted molar refractivity (Wildman–Crippen MR) is 130 cm³/mol. The van der Waals surface area contributed by atoms with Crippen molar-refractivity contribution in [3.05, 3.63) is 77.0 Å². The molecule has 4 aromatic rings. The first-order chi connectivity index (χ1) is 16.6. The number of carboxylic acids is 1. The molecule has 3 aromatic heterocycles. The molecule has 8 nitrogen and oxygen atoms in total. The highest BCUT2D eigenvalue weighted by molar-refractivity contribution is 6.30. The van der Waals surface area contributed by atoms with Gasteiger partial charge in [-0.15, -0.1) is 0 Å². The van der Waals surface area contributed by atoms with Gasteiger partial charge in [0.2, 0.25) is 0 Å². The van der Waals surface area contributed by atoms with Gasteiger partial charge in [-0.2, -0.15) is 5.10 Å². The number of carbonyl (C=O) groups is 1. The highest BCUT2D eigenvalue weighted by atomic mass is 35.5. The van der Waals surface area contributed by atoms with E-state index in [1.807, 2.05) is 24.3 Å². The van der Waals surface area contributed by atoms with Crippen LogP contribution in [0.15, 0.2) is 55.0 Å². The molecule has 34 heavy (non-hydrogen) atoms. The zero-order valence-electron chi connectivity index (χ0n) is 18.4. The number of halogens is 1. The van der Waals surface area contributed by atoms with Crippen LogP contribution in [0.4, 0.5) is 5.69 Å². The van der Waals surface area contributed by atoms with Crippen molar-refractivity contribution in [2.24, 2.45) is 0 Å². The molecule has 0 bridgehead atoms. The van der Waals surface area contributed by atoms with Crippen LogP contribution in [-0.4, -0.2) is 44.0 Å². The molecule has 0 spiro atoms. The summed E-state index contributed by atoms with van der Waals surface area (Å²) in [4.78, 5) is 20.4. The number of pyridine rings is 2. The standard InChI is InChI=1S/C25H24ClN5O3/c26-18-10-16(13-27-15-18)24(12-25(32)33)31-23-6-4-20(11-17(23)14-29-31)34-9-7-19-3-5-21-22(30-19)2-1-8-28-21/h3-6,10-11,13-15,24,28H,1-2,7-9,12H2,(H,32,33). The van der Waals surface area contributed by atoms with Crippen LogP contribution in [0.5, 0.6) is 5.75 Å². The number of aromatic nitrogens is 4. The van der Waals surface area contributed by atoms with Crippen LogP contribution >= 0.6 is 11.6 Å². The summed E-state index contributed by atoms with van der Waals surface area (Å²) < 4.78 is 7.68. The monoisotopic (exact) mass is 477 g/mol. The molecule has 1 aromatic carbocycles. The molecule has 1 aliphatic rings. The lowest BCUT2D eigenvalue weighted by Gasteiger charge is -2.18. The predicted octanol–water partition coefficient (Wildman–Crippen LogP) is 4.52. The molecule has 0 saturated heterocycles. The van der Waals surface area contributed by atoms with E-state index >= 15 is 0 Å². The number of carboxylic acid groups (broad SMARTS) is 1. The fraction of sp³-hybridized carbons (Fsp3) is 0.280. The van der Waals surface area contributed by atoms with Gasteiger partial charge >= 0.3 is 5.97 Å². The Labute approximate surface area is 201 Å². The summed E-state index contributed by atoms with van der Waals surface area (Å²) in [5.41, 5.74) is 4.77. The van der Waals surface area contributed by atoms with Crippen molar-refractivity contribution in [1.82, 2.24) is 19.7 Å². The number of hydrogen-bond acceptors (Lipinski definition) is 6. The van der Waals surface area contributed by atoms with E-state index in [0.717, 1.165) is 53.1 Å². The maximum Gasteiger partial charge on any atom is 0.305 e. The van der Waals surface area contributed by atoms with Crippen LogP contribution in [0.2, 0.25) is 5.02 Å². The quantitative estimate of drug-likeness (QED) is 0.384. The lowest BCUT2D eigenvalue weighted by Crippen LogP contribution is -2.16. The number of aryl methyl sites for hydroxylation is 1. The van der Waals surface area contributed by atoms with Gasteiger partial charge in [0.25, 0.3) is 0 Å². The Morgan fingerprint density at radius 3 is 2.97 bits per heavy atom. The molecule has 9 heteroatoms. The van der Waals surface area contributed by atoms with Crippen molar-refractivity contribution < 1.29 is 14.6 Å². The van der Waals surface area contributed by atoms with E-state index in [9.17, 15) is 9.90 Å². The summed E-state index contributed by atoms with van der Waals surface area (Å²) in [6, 6.07) is 11.0. The minimum Gasteiger partial charge on any atom is -0.493 e. The SMILES string of the molecule is O=C(O)CC(c1cncc(Cl)c1)n1ncc2cc(OCCc3ccc4c(n3)CCCN4)ccc21. The number of aliphatic carboxylic acids is 1. The number of anilines is 1. The van der Waals surface area contributed by atoms with Crippen molar-refractivity contribution in [3.8, 4) is 5.75 Å². The zero-order chi connectivity index (χ0) is 23.5. The van der Waals surface area contributed by atoms with E-state index < -0.39 is 12.0 Å². The van der Waals surface area contributed by atoms with Gasteiger partial charge in [-0.1, -0.05) is 11.6 Å². The van der Waals surface area contributed by atoms with Gasteiger partial charge in [0, 0.05) is 36.4 Å². The topological polar surface area (TPSA) is 102 Å². The lowest BCUT2D eigenvalue weighted by atomic mass is 10.1. The molecule has 0 fully saturated rings. The number of benzene rings is 1. The van der Waals surface area contributed by atoms with E-state index in [4.69, 9.17) is 21.3 Å². The van der Waals surface area contributed by atoms with Gasteiger partial charge in [0.05, 0.1) is 47.2 Å². The summed E-state index contributed by atoms with van der Waals surface area (Å²) >= 11 is 6.09. The van der Waals surface area contributed by atoms with E-state index in [1.165, 1.54) is 6.20 Å². The van der Waals surface area contributed by atoms with Crippen LogP contribution in [-0.2, 0) is 17.6 Å². The summed E-state index contributed by atoms with van der Waals surface area (Å²) in [7, 11) is 0. The fourth-order valence-electron chi connectivity index (χ4n) is 4.28. The zero-order valence-corrected chi connectivity index (χ0v) is 19.2. The molecule has 2 N–H and O–H groups in total. The van der Waals surface area contributed by atoms with Crippen molar-refractivity contribution in [2.75, 3.05) is 18.5 Å². The Morgan fingerprint density at radius 2 is 2.12 bits per heavy atom. The molecule has 0 aliphatic carbocycles. The van der Waals surface area contributed by atoms with Crippen LogP contribution in [0, 0.1) is 0 Å². The van der Waals surface area contributed by atoms with E-state index in [2.05, 4.69) is 21.5 Å². The normalized spacial score (nSPS) is 13.8. The second-order valence-electron chi connectivity index (χ2n) is 8.29. The van der Waals surface area contributed by atoms with Crippen LogP contribution < -0.4 is 10.1 Å². The third-order valence-corrected chi connectivity index (χ3v) is 6.11. The number of hydrogen-bond donors (Lipinski definition) is 2. The highest BCUT2D eigenvalue weighted by Gasteiger charge is 2.21. The van der Waals surface area contributed by atoms with E-state index in [1.54, 1.807) is 23.1 Å². The Morgan fingerprint density at radius 1 is 1.21 bits per heavy atom. The Hall–Kier alpha value is -3.65. The second-order valence-corrected chi connectivity index (χ2v) is 8.72. The third kappa shape index (κ3) is 4.82. The molecule has 1 aliphatic heterocycles. The average molecular weight is 478 g/mol. The molecule has 5 rings (SSSR count). The van der Waals surface area contributed by atoms with E-state index in [0.29, 0.717) is 23.6 Å². The number of ether oxygens (including phenoxy) is 1. The number of nitrogens with one attached hydrogen (secondary N) is 1. The maximum absolute atomic E-state index is 11.5. The number of nitrogens with zero attached hydrogens (tertiary/aromatic N) is 4. The average Bonchev–Trinajstić information content (AvgIpc) is 3.25.